The highest BCUT2D eigenvalue weighted by Crippen LogP contribution is 2.41. The van der Waals surface area contributed by atoms with Gasteiger partial charge >= 0.3 is 6.09 Å². The maximum atomic E-state index is 14.1. The predicted octanol–water partition coefficient (Wildman–Crippen LogP) is 4.53. The van der Waals surface area contributed by atoms with Crippen LogP contribution in [-0.4, -0.2) is 52.1 Å². The molecule has 0 radical (unpaired) electrons. The first kappa shape index (κ1) is 28.5. The van der Waals surface area contributed by atoms with Crippen LogP contribution in [0.1, 0.15) is 85.8 Å². The fraction of sp³-hybridized carbons (Fsp3) is 0.667. The molecular formula is C27H43N3O5. The quantitative estimate of drug-likeness (QED) is 0.396. The van der Waals surface area contributed by atoms with Crippen LogP contribution < -0.4 is 10.6 Å². The monoisotopic (exact) mass is 489 g/mol. The van der Waals surface area contributed by atoms with Gasteiger partial charge in [-0.2, -0.15) is 0 Å². The lowest BCUT2D eigenvalue weighted by Gasteiger charge is -2.36. The molecule has 5 unspecified atom stereocenters. The molecule has 8 nitrogen and oxygen atoms in total. The molecule has 0 aliphatic heterocycles. The molecule has 196 valence electrons. The van der Waals surface area contributed by atoms with Crippen LogP contribution in [0, 0.1) is 11.8 Å². The van der Waals surface area contributed by atoms with E-state index in [2.05, 4.69) is 10.6 Å². The summed E-state index contributed by atoms with van der Waals surface area (Å²) in [5.41, 5.74) is -0.0876. The van der Waals surface area contributed by atoms with Crippen LogP contribution >= 0.6 is 0 Å². The molecule has 1 aliphatic rings. The van der Waals surface area contributed by atoms with Gasteiger partial charge in [0.25, 0.3) is 0 Å². The van der Waals surface area contributed by atoms with Crippen molar-refractivity contribution in [2.24, 2.45) is 11.8 Å². The molecule has 2 rings (SSSR count). The number of nitrogens with zero attached hydrogens (tertiary/aromatic N) is 1. The Balaban J connectivity index is 2.46. The Hall–Kier alpha value is -2.77. The molecule has 3 N–H and O–H groups in total. The summed E-state index contributed by atoms with van der Waals surface area (Å²) in [5, 5.41) is 15.6. The van der Waals surface area contributed by atoms with E-state index in [0.29, 0.717) is 18.5 Å². The number of carbonyl (C=O) groups excluding carboxylic acids is 3. The van der Waals surface area contributed by atoms with E-state index in [-0.39, 0.29) is 35.4 Å². The third-order valence-electron chi connectivity index (χ3n) is 6.39. The average Bonchev–Trinajstić information content (AvgIpc) is 3.50. The Labute approximate surface area is 209 Å². The molecule has 1 aromatic rings. The van der Waals surface area contributed by atoms with Crippen molar-refractivity contribution in [2.75, 3.05) is 6.54 Å². The van der Waals surface area contributed by atoms with E-state index in [1.54, 1.807) is 37.8 Å². The zero-order chi connectivity index (χ0) is 26.3. The zero-order valence-electron chi connectivity index (χ0n) is 22.3. The van der Waals surface area contributed by atoms with Crippen LogP contribution in [0.4, 0.5) is 4.79 Å². The van der Waals surface area contributed by atoms with Crippen molar-refractivity contribution in [1.29, 1.82) is 0 Å². The first-order valence-corrected chi connectivity index (χ1v) is 12.8. The molecular weight excluding hydrogens is 446 g/mol. The van der Waals surface area contributed by atoms with Gasteiger partial charge < -0.3 is 25.4 Å². The van der Waals surface area contributed by atoms with Crippen molar-refractivity contribution < 1.29 is 24.2 Å². The van der Waals surface area contributed by atoms with Gasteiger partial charge in [0.1, 0.15) is 23.4 Å². The average molecular weight is 490 g/mol. The molecule has 0 spiro atoms. The summed E-state index contributed by atoms with van der Waals surface area (Å²) >= 11 is 0. The highest BCUT2D eigenvalue weighted by molar-refractivity contribution is 5.92. The highest BCUT2D eigenvalue weighted by Gasteiger charge is 2.48. The Kier molecular flexibility index (Phi) is 9.98. The molecule has 0 bridgehead atoms. The van der Waals surface area contributed by atoms with Gasteiger partial charge in [0.2, 0.25) is 11.8 Å². The topological polar surface area (TPSA) is 108 Å². The number of phenolic OH excluding ortho intramolecular Hbond substituents is 1. The molecule has 5 atom stereocenters. The maximum absolute atomic E-state index is 14.1. The maximum Gasteiger partial charge on any atom is 0.408 e. The number of unbranched alkanes of at least 4 members (excludes halogenated alkanes) is 1. The second-order valence-corrected chi connectivity index (χ2v) is 10.7. The van der Waals surface area contributed by atoms with Gasteiger partial charge in [0.15, 0.2) is 0 Å². The largest absolute Gasteiger partial charge is 0.508 e. The van der Waals surface area contributed by atoms with Crippen LogP contribution in [0.25, 0.3) is 0 Å². The molecule has 35 heavy (non-hydrogen) atoms. The smallest absolute Gasteiger partial charge is 0.408 e. The minimum atomic E-state index is -0.873. The molecule has 1 fully saturated rings. The fourth-order valence-electron chi connectivity index (χ4n) is 4.03. The zero-order valence-corrected chi connectivity index (χ0v) is 22.3. The van der Waals surface area contributed by atoms with E-state index in [0.717, 1.165) is 19.3 Å². The van der Waals surface area contributed by atoms with Crippen molar-refractivity contribution in [3.05, 3.63) is 29.8 Å². The Bertz CT molecular complexity index is 865. The van der Waals surface area contributed by atoms with Gasteiger partial charge in [0.05, 0.1) is 0 Å². The molecule has 8 heteroatoms. The molecule has 1 aromatic carbocycles. The lowest BCUT2D eigenvalue weighted by atomic mass is 9.95. The number of amides is 3. The normalized spacial score (nSPS) is 19.7. The third-order valence-corrected chi connectivity index (χ3v) is 6.39. The fourth-order valence-corrected chi connectivity index (χ4v) is 4.03. The van der Waals surface area contributed by atoms with Gasteiger partial charge in [-0.05, 0) is 63.1 Å². The van der Waals surface area contributed by atoms with E-state index >= 15 is 0 Å². The number of carbonyl (C=O) groups is 3. The summed E-state index contributed by atoms with van der Waals surface area (Å²) in [6.45, 7) is 13.8. The lowest BCUT2D eigenvalue weighted by Crippen LogP contribution is -2.56. The number of rotatable bonds is 11. The van der Waals surface area contributed by atoms with Crippen molar-refractivity contribution in [1.82, 2.24) is 15.5 Å². The molecule has 0 saturated heterocycles. The van der Waals surface area contributed by atoms with Crippen LogP contribution in [0.15, 0.2) is 24.3 Å². The SMILES string of the molecule is CCCCNC(=O)C(c1ccc(O)cc1)N(C(=O)C(NC(=O)OC(C)(C)C)C(C)CC)C1CC1C. The number of hydrogen-bond donors (Lipinski definition) is 3. The van der Waals surface area contributed by atoms with E-state index in [4.69, 9.17) is 4.74 Å². The predicted molar refractivity (Wildman–Crippen MR) is 136 cm³/mol. The van der Waals surface area contributed by atoms with Crippen molar-refractivity contribution in [2.45, 2.75) is 97.9 Å². The third kappa shape index (κ3) is 8.15. The summed E-state index contributed by atoms with van der Waals surface area (Å²) in [4.78, 5) is 41.9. The van der Waals surface area contributed by atoms with Crippen LogP contribution in [0.3, 0.4) is 0 Å². The van der Waals surface area contributed by atoms with Crippen molar-refractivity contribution in [3.8, 4) is 5.75 Å². The second kappa shape index (κ2) is 12.3. The number of hydrogen-bond acceptors (Lipinski definition) is 5. The highest BCUT2D eigenvalue weighted by atomic mass is 16.6. The number of nitrogens with one attached hydrogen (secondary N) is 2. The Morgan fingerprint density at radius 3 is 2.26 bits per heavy atom. The van der Waals surface area contributed by atoms with E-state index in [1.807, 2.05) is 27.7 Å². The van der Waals surface area contributed by atoms with Gasteiger partial charge in [-0.15, -0.1) is 0 Å². The summed E-state index contributed by atoms with van der Waals surface area (Å²) in [7, 11) is 0. The molecule has 0 aromatic heterocycles. The second-order valence-electron chi connectivity index (χ2n) is 10.7. The summed E-state index contributed by atoms with van der Waals surface area (Å²) in [6, 6.07) is 4.55. The molecule has 0 heterocycles. The van der Waals surface area contributed by atoms with Crippen molar-refractivity contribution >= 4 is 17.9 Å². The number of alkyl carbamates (subject to hydrolysis) is 1. The Morgan fingerprint density at radius 2 is 1.77 bits per heavy atom. The number of phenols is 1. The van der Waals surface area contributed by atoms with Gasteiger partial charge in [-0.25, -0.2) is 4.79 Å². The van der Waals surface area contributed by atoms with Crippen LogP contribution in [0.2, 0.25) is 0 Å². The van der Waals surface area contributed by atoms with Gasteiger partial charge in [0, 0.05) is 12.6 Å². The van der Waals surface area contributed by atoms with Gasteiger partial charge in [-0.3, -0.25) is 9.59 Å². The lowest BCUT2D eigenvalue weighted by molar-refractivity contribution is -0.144. The standard InChI is InChI=1S/C27H43N3O5/c1-8-10-15-28-24(32)23(19-11-13-20(31)14-12-19)30(21-16-18(21)4)25(33)22(17(3)9-2)29-26(34)35-27(5,6)7/h11-14,17-18,21-23,31H,8-10,15-16H2,1-7H3,(H,28,32)(H,29,34). The number of ether oxygens (including phenoxy) is 1. The Morgan fingerprint density at radius 1 is 1.17 bits per heavy atom. The van der Waals surface area contributed by atoms with Crippen LogP contribution in [0.5, 0.6) is 5.75 Å². The molecule has 3 amide bonds. The summed E-state index contributed by atoms with van der Waals surface area (Å²) in [5.74, 6) is -0.419. The number of aromatic hydroxyl groups is 1. The van der Waals surface area contributed by atoms with Crippen molar-refractivity contribution in [3.63, 3.8) is 0 Å². The van der Waals surface area contributed by atoms with E-state index in [1.165, 1.54) is 12.1 Å². The minimum absolute atomic E-state index is 0.0839. The number of benzene rings is 1. The first-order valence-electron chi connectivity index (χ1n) is 12.8. The van der Waals surface area contributed by atoms with Gasteiger partial charge in [-0.1, -0.05) is 52.7 Å². The minimum Gasteiger partial charge on any atom is -0.508 e. The summed E-state index contributed by atoms with van der Waals surface area (Å²) in [6.07, 6.45) is 2.54. The van der Waals surface area contributed by atoms with E-state index in [9.17, 15) is 19.5 Å². The van der Waals surface area contributed by atoms with E-state index < -0.39 is 23.8 Å². The molecule has 1 saturated carbocycles. The first-order chi connectivity index (χ1) is 16.4. The van der Waals surface area contributed by atoms with Crippen LogP contribution in [-0.2, 0) is 14.3 Å². The summed E-state index contributed by atoms with van der Waals surface area (Å²) < 4.78 is 5.43. The molecule has 1 aliphatic carbocycles.